The Morgan fingerprint density at radius 2 is 2.00 bits per heavy atom. The van der Waals surface area contributed by atoms with E-state index in [9.17, 15) is 0 Å². The third-order valence-corrected chi connectivity index (χ3v) is 4.31. The maximum atomic E-state index is 6.48. The minimum Gasteiger partial charge on any atom is -0.325 e. The summed E-state index contributed by atoms with van der Waals surface area (Å²) in [5.41, 5.74) is 8.51. The highest BCUT2D eigenvalue weighted by Crippen LogP contribution is 2.32. The van der Waals surface area contributed by atoms with Gasteiger partial charge in [0.15, 0.2) is 0 Å². The molecule has 0 radical (unpaired) electrons. The molecule has 0 unspecified atom stereocenters. The molecule has 1 fully saturated rings. The molecule has 17 heavy (non-hydrogen) atoms. The van der Waals surface area contributed by atoms with Crippen LogP contribution < -0.4 is 5.73 Å². The Hall–Kier alpha value is -0.540. The largest absolute Gasteiger partial charge is 0.325 e. The molecule has 3 nitrogen and oxygen atoms in total. The lowest BCUT2D eigenvalue weighted by Gasteiger charge is -2.33. The van der Waals surface area contributed by atoms with Crippen molar-refractivity contribution in [1.82, 2.24) is 9.78 Å². The van der Waals surface area contributed by atoms with E-state index in [0.717, 1.165) is 42.1 Å². The summed E-state index contributed by atoms with van der Waals surface area (Å²) in [6, 6.07) is 0. The first-order valence-electron chi connectivity index (χ1n) is 6.55. The summed E-state index contributed by atoms with van der Waals surface area (Å²) in [6.45, 7) is 2.08. The van der Waals surface area contributed by atoms with Crippen molar-refractivity contribution in [3.05, 3.63) is 16.4 Å². The second-order valence-electron chi connectivity index (χ2n) is 5.28. The van der Waals surface area contributed by atoms with Gasteiger partial charge in [-0.2, -0.15) is 5.10 Å². The topological polar surface area (TPSA) is 43.8 Å². The first kappa shape index (κ1) is 12.9. The fraction of sp³-hybridized carbons (Fsp3) is 0.769. The average Bonchev–Trinajstić information content (AvgIpc) is 2.57. The molecule has 1 saturated carbocycles. The van der Waals surface area contributed by atoms with Crippen molar-refractivity contribution < 1.29 is 0 Å². The van der Waals surface area contributed by atoms with Gasteiger partial charge in [0.05, 0.1) is 16.4 Å². The average molecular weight is 256 g/mol. The van der Waals surface area contributed by atoms with E-state index in [-0.39, 0.29) is 5.54 Å². The fourth-order valence-corrected chi connectivity index (χ4v) is 3.14. The number of nitrogens with two attached hydrogens (primary N) is 1. The molecule has 2 N–H and O–H groups in total. The molecule has 0 atom stereocenters. The molecular weight excluding hydrogens is 234 g/mol. The maximum absolute atomic E-state index is 6.48. The third-order valence-electron chi connectivity index (χ3n) is 3.87. The fourth-order valence-electron chi connectivity index (χ4n) is 2.78. The number of nitrogens with zero attached hydrogens (tertiary/aromatic N) is 2. The number of hydrogen-bond donors (Lipinski definition) is 1. The molecule has 1 aromatic heterocycles. The van der Waals surface area contributed by atoms with Gasteiger partial charge in [-0.1, -0.05) is 37.8 Å². The SMILES string of the molecule is CCc1nn(C)c(CC2(N)CCCCC2)c1Cl. The van der Waals surface area contributed by atoms with Crippen LogP contribution in [0.5, 0.6) is 0 Å². The maximum Gasteiger partial charge on any atom is 0.0850 e. The Morgan fingerprint density at radius 1 is 1.35 bits per heavy atom. The molecule has 0 aliphatic heterocycles. The van der Waals surface area contributed by atoms with E-state index >= 15 is 0 Å². The Labute approximate surface area is 108 Å². The minimum absolute atomic E-state index is 0.0688. The van der Waals surface area contributed by atoms with Crippen molar-refractivity contribution in [2.24, 2.45) is 12.8 Å². The van der Waals surface area contributed by atoms with Crippen molar-refractivity contribution in [1.29, 1.82) is 0 Å². The van der Waals surface area contributed by atoms with Gasteiger partial charge in [0.2, 0.25) is 0 Å². The zero-order chi connectivity index (χ0) is 12.5. The smallest absolute Gasteiger partial charge is 0.0850 e. The Balaban J connectivity index is 2.20. The summed E-state index contributed by atoms with van der Waals surface area (Å²) in [5, 5.41) is 5.28. The van der Waals surface area contributed by atoms with E-state index in [2.05, 4.69) is 12.0 Å². The van der Waals surface area contributed by atoms with E-state index in [4.69, 9.17) is 17.3 Å². The molecule has 0 saturated heterocycles. The molecule has 1 aliphatic rings. The molecular formula is C13H22ClN3. The first-order valence-corrected chi connectivity index (χ1v) is 6.92. The molecule has 0 amide bonds. The lowest BCUT2D eigenvalue weighted by molar-refractivity contribution is 0.289. The summed E-state index contributed by atoms with van der Waals surface area (Å²) < 4.78 is 1.91. The zero-order valence-corrected chi connectivity index (χ0v) is 11.6. The van der Waals surface area contributed by atoms with Crippen LogP contribution in [0.3, 0.4) is 0 Å². The van der Waals surface area contributed by atoms with Gasteiger partial charge in [-0.05, 0) is 19.3 Å². The highest BCUT2D eigenvalue weighted by atomic mass is 35.5. The summed E-state index contributed by atoms with van der Waals surface area (Å²) in [4.78, 5) is 0. The molecule has 0 bridgehead atoms. The number of hydrogen-bond acceptors (Lipinski definition) is 2. The van der Waals surface area contributed by atoms with E-state index in [0.29, 0.717) is 0 Å². The summed E-state index contributed by atoms with van der Waals surface area (Å²) in [7, 11) is 1.96. The Morgan fingerprint density at radius 3 is 2.53 bits per heavy atom. The normalized spacial score (nSPS) is 19.5. The Bertz CT molecular complexity index is 392. The quantitative estimate of drug-likeness (QED) is 0.903. The third kappa shape index (κ3) is 2.66. The highest BCUT2D eigenvalue weighted by molar-refractivity contribution is 6.31. The van der Waals surface area contributed by atoms with Crippen LogP contribution in [-0.4, -0.2) is 15.3 Å². The van der Waals surface area contributed by atoms with Crippen LogP contribution in [0.25, 0.3) is 0 Å². The van der Waals surface area contributed by atoms with E-state index < -0.39 is 0 Å². The van der Waals surface area contributed by atoms with Crippen LogP contribution in [0.4, 0.5) is 0 Å². The Kier molecular flexibility index (Phi) is 3.79. The lowest BCUT2D eigenvalue weighted by Crippen LogP contribution is -2.44. The van der Waals surface area contributed by atoms with Gasteiger partial charge in [0.1, 0.15) is 0 Å². The van der Waals surface area contributed by atoms with Gasteiger partial charge in [0.25, 0.3) is 0 Å². The van der Waals surface area contributed by atoms with Crippen molar-refractivity contribution in [2.45, 2.75) is 57.4 Å². The molecule has 1 aliphatic carbocycles. The monoisotopic (exact) mass is 255 g/mol. The van der Waals surface area contributed by atoms with Gasteiger partial charge >= 0.3 is 0 Å². The summed E-state index contributed by atoms with van der Waals surface area (Å²) in [6.07, 6.45) is 7.75. The van der Waals surface area contributed by atoms with Gasteiger partial charge < -0.3 is 5.73 Å². The minimum atomic E-state index is -0.0688. The predicted octanol–water partition coefficient (Wildman–Crippen LogP) is 2.84. The van der Waals surface area contributed by atoms with Crippen LogP contribution in [0.15, 0.2) is 0 Å². The van der Waals surface area contributed by atoms with Crippen molar-refractivity contribution >= 4 is 11.6 Å². The van der Waals surface area contributed by atoms with E-state index in [1.54, 1.807) is 0 Å². The molecule has 1 heterocycles. The molecule has 2 rings (SSSR count). The number of aromatic nitrogens is 2. The summed E-state index contributed by atoms with van der Waals surface area (Å²) in [5.74, 6) is 0. The van der Waals surface area contributed by atoms with Gasteiger partial charge in [-0.25, -0.2) is 0 Å². The van der Waals surface area contributed by atoms with E-state index in [1.165, 1.54) is 19.3 Å². The highest BCUT2D eigenvalue weighted by Gasteiger charge is 2.30. The van der Waals surface area contributed by atoms with Gasteiger partial charge in [-0.15, -0.1) is 0 Å². The molecule has 0 aromatic carbocycles. The molecule has 1 aromatic rings. The van der Waals surface area contributed by atoms with Crippen LogP contribution >= 0.6 is 11.6 Å². The summed E-state index contributed by atoms with van der Waals surface area (Å²) >= 11 is 6.37. The number of halogens is 1. The second kappa shape index (κ2) is 4.99. The molecule has 4 heteroatoms. The lowest BCUT2D eigenvalue weighted by atomic mass is 9.79. The molecule has 0 spiro atoms. The van der Waals surface area contributed by atoms with Crippen molar-refractivity contribution in [3.63, 3.8) is 0 Å². The molecule has 96 valence electrons. The van der Waals surface area contributed by atoms with Crippen LogP contribution in [-0.2, 0) is 19.9 Å². The van der Waals surface area contributed by atoms with Crippen LogP contribution in [0.1, 0.15) is 50.4 Å². The first-order chi connectivity index (χ1) is 8.06. The van der Waals surface area contributed by atoms with Gasteiger partial charge in [-0.3, -0.25) is 4.68 Å². The standard InChI is InChI=1S/C13H22ClN3/c1-3-10-12(14)11(17(2)16-10)9-13(15)7-5-4-6-8-13/h3-9,15H2,1-2H3. The van der Waals surface area contributed by atoms with Crippen LogP contribution in [0.2, 0.25) is 5.02 Å². The number of rotatable bonds is 3. The zero-order valence-electron chi connectivity index (χ0n) is 10.8. The van der Waals surface area contributed by atoms with Crippen LogP contribution in [0, 0.1) is 0 Å². The second-order valence-corrected chi connectivity index (χ2v) is 5.66. The van der Waals surface area contributed by atoms with Crippen molar-refractivity contribution in [3.8, 4) is 0 Å². The van der Waals surface area contributed by atoms with E-state index in [1.807, 2.05) is 11.7 Å². The predicted molar refractivity (Wildman–Crippen MR) is 71.3 cm³/mol. The van der Waals surface area contributed by atoms with Gasteiger partial charge in [0, 0.05) is 19.0 Å². The van der Waals surface area contributed by atoms with Crippen molar-refractivity contribution in [2.75, 3.05) is 0 Å². The number of aryl methyl sites for hydroxylation is 2.